The Morgan fingerprint density at radius 3 is 2.60 bits per heavy atom. The van der Waals surface area contributed by atoms with E-state index in [2.05, 4.69) is 10.3 Å². The highest BCUT2D eigenvalue weighted by Gasteiger charge is 2.15. The minimum atomic E-state index is -0.997. The molecular weight excluding hydrogens is 390 g/mol. The number of rotatable bonds is 9. The lowest BCUT2D eigenvalue weighted by Gasteiger charge is -2.07. The van der Waals surface area contributed by atoms with Gasteiger partial charge in [-0.15, -0.1) is 0 Å². The number of nitrogens with zero attached hydrogens (tertiary/aromatic N) is 3. The number of carboxylic acids is 1. The van der Waals surface area contributed by atoms with Crippen molar-refractivity contribution in [1.29, 1.82) is 0 Å². The number of benzene rings is 1. The van der Waals surface area contributed by atoms with Crippen molar-refractivity contribution in [2.75, 3.05) is 24.7 Å². The van der Waals surface area contributed by atoms with Gasteiger partial charge in [0.2, 0.25) is 5.82 Å². The Hall–Kier alpha value is -4.08. The highest BCUT2D eigenvalue weighted by molar-refractivity contribution is 5.96. The molecule has 30 heavy (non-hydrogen) atoms. The van der Waals surface area contributed by atoms with Crippen LogP contribution in [-0.2, 0) is 6.54 Å². The molecule has 0 amide bonds. The van der Waals surface area contributed by atoms with Crippen LogP contribution in [0.2, 0.25) is 0 Å². The minimum Gasteiger partial charge on any atom is -0.497 e. The number of nitrogens with two attached hydrogens (primary N) is 1. The zero-order valence-corrected chi connectivity index (χ0v) is 16.2. The van der Waals surface area contributed by atoms with Crippen LogP contribution in [0, 0.1) is 10.1 Å². The van der Waals surface area contributed by atoms with Crippen LogP contribution in [0.4, 0.5) is 17.3 Å². The molecular formula is C20H21N5O5. The summed E-state index contributed by atoms with van der Waals surface area (Å²) in [6, 6.07) is 10.00. The number of ether oxygens (including phenoxy) is 1. The summed E-state index contributed by atoms with van der Waals surface area (Å²) in [6.07, 6.45) is 4.08. The first kappa shape index (κ1) is 20.6. The minimum absolute atomic E-state index is 0.148. The molecule has 3 aromatic rings. The number of carbonyl (C=O) groups is 1. The van der Waals surface area contributed by atoms with Gasteiger partial charge in [0.05, 0.1) is 17.6 Å². The molecule has 0 saturated heterocycles. The SMILES string of the molecule is COc1ccc(-c2cn(CCCNc3ccc([N+](=O)[O-])c(N)n3)cc2C(=O)O)cc1. The summed E-state index contributed by atoms with van der Waals surface area (Å²) in [5.41, 5.74) is 6.98. The van der Waals surface area contributed by atoms with Crippen molar-refractivity contribution in [3.63, 3.8) is 0 Å². The van der Waals surface area contributed by atoms with Crippen LogP contribution in [0.15, 0.2) is 48.8 Å². The van der Waals surface area contributed by atoms with Gasteiger partial charge < -0.3 is 25.5 Å². The molecule has 10 heteroatoms. The number of nitro groups is 1. The molecule has 0 aliphatic carbocycles. The molecule has 0 radical (unpaired) electrons. The van der Waals surface area contributed by atoms with E-state index in [0.717, 1.165) is 5.56 Å². The highest BCUT2D eigenvalue weighted by atomic mass is 16.6. The Morgan fingerprint density at radius 2 is 2.00 bits per heavy atom. The van der Waals surface area contributed by atoms with Crippen molar-refractivity contribution in [2.45, 2.75) is 13.0 Å². The number of nitrogens with one attached hydrogen (secondary N) is 1. The van der Waals surface area contributed by atoms with E-state index in [1.54, 1.807) is 31.6 Å². The number of aromatic nitrogens is 2. The Balaban J connectivity index is 1.63. The maximum Gasteiger partial charge on any atom is 0.337 e. The molecule has 0 bridgehead atoms. The number of pyridine rings is 1. The van der Waals surface area contributed by atoms with Gasteiger partial charge in [-0.05, 0) is 30.2 Å². The van der Waals surface area contributed by atoms with Crippen molar-refractivity contribution in [2.24, 2.45) is 0 Å². The number of aryl methyl sites for hydroxylation is 1. The third-order valence-electron chi connectivity index (χ3n) is 4.51. The number of methoxy groups -OCH3 is 1. The standard InChI is InChI=1S/C20H21N5O5/c1-30-14-5-3-13(4-6-14)15-11-24(12-16(15)20(26)27)10-2-9-22-18-8-7-17(25(28)29)19(21)23-18/h3-8,11-12H,2,9-10H2,1H3,(H,26,27)(H3,21,22,23). The fraction of sp³-hybridized carbons (Fsp3) is 0.200. The zero-order valence-electron chi connectivity index (χ0n) is 16.2. The lowest BCUT2D eigenvalue weighted by molar-refractivity contribution is -0.384. The van der Waals surface area contributed by atoms with E-state index in [1.165, 1.54) is 12.1 Å². The first-order valence-electron chi connectivity index (χ1n) is 9.11. The molecule has 0 aliphatic heterocycles. The van der Waals surface area contributed by atoms with Gasteiger partial charge in [-0.3, -0.25) is 10.1 Å². The van der Waals surface area contributed by atoms with Crippen LogP contribution < -0.4 is 15.8 Å². The van der Waals surface area contributed by atoms with Crippen molar-refractivity contribution in [1.82, 2.24) is 9.55 Å². The lowest BCUT2D eigenvalue weighted by Crippen LogP contribution is -2.08. The molecule has 1 aromatic carbocycles. The summed E-state index contributed by atoms with van der Waals surface area (Å²) in [5, 5.41) is 23.4. The van der Waals surface area contributed by atoms with Gasteiger partial charge in [0.1, 0.15) is 11.6 Å². The Bertz CT molecular complexity index is 1060. The molecule has 2 heterocycles. The van der Waals surface area contributed by atoms with Crippen LogP contribution in [-0.4, -0.2) is 39.2 Å². The van der Waals surface area contributed by atoms with Gasteiger partial charge in [-0.1, -0.05) is 12.1 Å². The molecule has 4 N–H and O–H groups in total. The third-order valence-corrected chi connectivity index (χ3v) is 4.51. The summed E-state index contributed by atoms with van der Waals surface area (Å²) in [4.78, 5) is 25.8. The zero-order chi connectivity index (χ0) is 21.7. The average Bonchev–Trinajstić information content (AvgIpc) is 3.15. The number of carboxylic acid groups (broad SMARTS) is 1. The van der Waals surface area contributed by atoms with Gasteiger partial charge in [-0.25, -0.2) is 9.78 Å². The van der Waals surface area contributed by atoms with E-state index < -0.39 is 10.9 Å². The number of hydrogen-bond donors (Lipinski definition) is 3. The van der Waals surface area contributed by atoms with Gasteiger partial charge in [0, 0.05) is 37.1 Å². The van der Waals surface area contributed by atoms with Crippen LogP contribution in [0.25, 0.3) is 11.1 Å². The maximum atomic E-state index is 11.6. The molecule has 0 spiro atoms. The molecule has 3 rings (SSSR count). The largest absolute Gasteiger partial charge is 0.497 e. The summed E-state index contributed by atoms with van der Waals surface area (Å²) < 4.78 is 6.96. The summed E-state index contributed by atoms with van der Waals surface area (Å²) in [7, 11) is 1.57. The molecule has 0 atom stereocenters. The normalized spacial score (nSPS) is 10.6. The average molecular weight is 411 g/mol. The number of anilines is 2. The molecule has 0 fully saturated rings. The Morgan fingerprint density at radius 1 is 1.27 bits per heavy atom. The van der Waals surface area contributed by atoms with Crippen molar-refractivity contribution in [3.05, 3.63) is 64.5 Å². The number of nitrogen functional groups attached to an aromatic ring is 1. The van der Waals surface area contributed by atoms with E-state index in [-0.39, 0.29) is 17.1 Å². The fourth-order valence-electron chi connectivity index (χ4n) is 3.01. The van der Waals surface area contributed by atoms with Gasteiger partial charge in [0.25, 0.3) is 0 Å². The van der Waals surface area contributed by atoms with Crippen LogP contribution >= 0.6 is 0 Å². The second kappa shape index (κ2) is 8.95. The maximum absolute atomic E-state index is 11.6. The van der Waals surface area contributed by atoms with Crippen LogP contribution in [0.5, 0.6) is 5.75 Å². The van der Waals surface area contributed by atoms with E-state index in [0.29, 0.717) is 36.6 Å². The van der Waals surface area contributed by atoms with E-state index in [9.17, 15) is 20.0 Å². The predicted molar refractivity (Wildman–Crippen MR) is 112 cm³/mol. The number of aromatic carboxylic acids is 1. The van der Waals surface area contributed by atoms with Crippen molar-refractivity contribution < 1.29 is 19.6 Å². The van der Waals surface area contributed by atoms with E-state index in [1.807, 2.05) is 16.7 Å². The Kier molecular flexibility index (Phi) is 6.16. The quantitative estimate of drug-likeness (QED) is 0.276. The van der Waals surface area contributed by atoms with Gasteiger partial charge in [-0.2, -0.15) is 0 Å². The van der Waals surface area contributed by atoms with Crippen molar-refractivity contribution >= 4 is 23.3 Å². The monoisotopic (exact) mass is 411 g/mol. The van der Waals surface area contributed by atoms with Gasteiger partial charge >= 0.3 is 11.7 Å². The summed E-state index contributed by atoms with van der Waals surface area (Å²) in [5.74, 6) is -0.00809. The molecule has 156 valence electrons. The lowest BCUT2D eigenvalue weighted by atomic mass is 10.0. The van der Waals surface area contributed by atoms with Gasteiger partial charge in [0.15, 0.2) is 0 Å². The first-order chi connectivity index (χ1) is 14.4. The molecule has 2 aromatic heterocycles. The predicted octanol–water partition coefficient (Wildman–Crippen LogP) is 3.25. The Labute approximate surface area is 172 Å². The van der Waals surface area contributed by atoms with E-state index in [4.69, 9.17) is 10.5 Å². The smallest absolute Gasteiger partial charge is 0.337 e. The summed E-state index contributed by atoms with van der Waals surface area (Å²) in [6.45, 7) is 1.11. The first-order valence-corrected chi connectivity index (χ1v) is 9.11. The number of hydrogen-bond acceptors (Lipinski definition) is 7. The third kappa shape index (κ3) is 4.66. The second-order valence-corrected chi connectivity index (χ2v) is 6.50. The summed E-state index contributed by atoms with van der Waals surface area (Å²) >= 11 is 0. The molecule has 10 nitrogen and oxygen atoms in total. The van der Waals surface area contributed by atoms with Crippen LogP contribution in [0.1, 0.15) is 16.8 Å². The van der Waals surface area contributed by atoms with Crippen LogP contribution in [0.3, 0.4) is 0 Å². The fourth-order valence-corrected chi connectivity index (χ4v) is 3.01. The molecule has 0 saturated carbocycles. The molecule has 0 aliphatic rings. The van der Waals surface area contributed by atoms with E-state index >= 15 is 0 Å². The second-order valence-electron chi connectivity index (χ2n) is 6.50. The highest BCUT2D eigenvalue weighted by Crippen LogP contribution is 2.27. The molecule has 0 unspecified atom stereocenters. The topological polar surface area (TPSA) is 146 Å². The van der Waals surface area contributed by atoms with Crippen molar-refractivity contribution in [3.8, 4) is 16.9 Å².